The Morgan fingerprint density at radius 1 is 1.35 bits per heavy atom. The molecule has 0 heterocycles. The van der Waals surface area contributed by atoms with Crippen LogP contribution in [0.25, 0.3) is 0 Å². The van der Waals surface area contributed by atoms with E-state index in [0.29, 0.717) is 17.4 Å². The molecule has 20 heavy (non-hydrogen) atoms. The van der Waals surface area contributed by atoms with Crippen molar-refractivity contribution in [2.75, 3.05) is 26.7 Å². The summed E-state index contributed by atoms with van der Waals surface area (Å²) in [5.41, 5.74) is 0.325. The lowest BCUT2D eigenvalue weighted by molar-refractivity contribution is 0.102. The average molecular weight is 284 g/mol. The Bertz CT molecular complexity index is 285. The molecule has 2 atom stereocenters. The van der Waals surface area contributed by atoms with E-state index in [1.54, 1.807) is 0 Å². The molecule has 1 fully saturated rings. The summed E-state index contributed by atoms with van der Waals surface area (Å²) in [5, 5.41) is 13.6. The highest BCUT2D eigenvalue weighted by atomic mass is 16.3. The fourth-order valence-electron chi connectivity index (χ4n) is 3.85. The number of aliphatic hydroxyl groups is 1. The van der Waals surface area contributed by atoms with Crippen LogP contribution in [0.4, 0.5) is 0 Å². The van der Waals surface area contributed by atoms with Crippen molar-refractivity contribution in [1.82, 2.24) is 10.2 Å². The third-order valence-electron chi connectivity index (χ3n) is 4.42. The van der Waals surface area contributed by atoms with Gasteiger partial charge in [0.15, 0.2) is 0 Å². The lowest BCUT2D eigenvalue weighted by Crippen LogP contribution is -2.54. The number of hydrogen-bond acceptors (Lipinski definition) is 3. The molecule has 0 spiro atoms. The highest BCUT2D eigenvalue weighted by Gasteiger charge is 2.42. The molecule has 0 amide bonds. The van der Waals surface area contributed by atoms with Gasteiger partial charge < -0.3 is 15.3 Å². The molecule has 2 unspecified atom stereocenters. The predicted octanol–water partition coefficient (Wildman–Crippen LogP) is 2.88. The zero-order chi connectivity index (χ0) is 15.4. The van der Waals surface area contributed by atoms with Crippen molar-refractivity contribution in [2.24, 2.45) is 11.3 Å². The fourth-order valence-corrected chi connectivity index (χ4v) is 3.85. The molecule has 120 valence electrons. The maximum atomic E-state index is 9.91. The first-order valence-corrected chi connectivity index (χ1v) is 8.26. The van der Waals surface area contributed by atoms with Crippen molar-refractivity contribution in [3.8, 4) is 0 Å². The van der Waals surface area contributed by atoms with E-state index < -0.39 is 0 Å². The summed E-state index contributed by atoms with van der Waals surface area (Å²) in [6.07, 6.45) is 4.81. The van der Waals surface area contributed by atoms with Gasteiger partial charge in [-0.3, -0.25) is 0 Å². The molecule has 0 aromatic rings. The van der Waals surface area contributed by atoms with E-state index in [9.17, 15) is 5.11 Å². The maximum absolute atomic E-state index is 9.91. The molecule has 1 saturated carbocycles. The van der Waals surface area contributed by atoms with Gasteiger partial charge in [0.25, 0.3) is 0 Å². The number of rotatable bonds is 7. The molecule has 0 radical (unpaired) electrons. The van der Waals surface area contributed by atoms with Gasteiger partial charge in [0, 0.05) is 18.1 Å². The molecule has 0 aliphatic heterocycles. The Morgan fingerprint density at radius 3 is 2.50 bits per heavy atom. The Morgan fingerprint density at radius 2 is 2.00 bits per heavy atom. The maximum Gasteiger partial charge on any atom is 0.0616 e. The third-order valence-corrected chi connectivity index (χ3v) is 4.42. The molecule has 1 aliphatic rings. The van der Waals surface area contributed by atoms with Gasteiger partial charge in [0.2, 0.25) is 0 Å². The van der Waals surface area contributed by atoms with Gasteiger partial charge in [-0.1, -0.05) is 41.0 Å². The van der Waals surface area contributed by atoms with Crippen molar-refractivity contribution in [3.05, 3.63) is 0 Å². The van der Waals surface area contributed by atoms with E-state index in [1.165, 1.54) is 19.3 Å². The second-order valence-electron chi connectivity index (χ2n) is 8.29. The second kappa shape index (κ2) is 7.24. The van der Waals surface area contributed by atoms with Crippen LogP contribution in [0.5, 0.6) is 0 Å². The van der Waals surface area contributed by atoms with Gasteiger partial charge in [-0.15, -0.1) is 0 Å². The van der Waals surface area contributed by atoms with E-state index in [1.807, 2.05) is 0 Å². The van der Waals surface area contributed by atoms with Crippen LogP contribution in [-0.2, 0) is 0 Å². The standard InChI is InChI=1S/C17H36N2O/c1-14(2)18-17(13-20)10-7-8-15(17)9-11-19(6)12-16(3,4)5/h14-15,18,20H,7-13H2,1-6H3. The summed E-state index contributed by atoms with van der Waals surface area (Å²) >= 11 is 0. The quantitative estimate of drug-likeness (QED) is 0.754. The Hall–Kier alpha value is -0.120. The zero-order valence-electron chi connectivity index (χ0n) is 14.5. The monoisotopic (exact) mass is 284 g/mol. The van der Waals surface area contributed by atoms with Crippen LogP contribution in [0.2, 0.25) is 0 Å². The van der Waals surface area contributed by atoms with Crippen LogP contribution >= 0.6 is 0 Å². The lowest BCUT2D eigenvalue weighted by Gasteiger charge is -2.38. The predicted molar refractivity (Wildman–Crippen MR) is 87.0 cm³/mol. The van der Waals surface area contributed by atoms with Gasteiger partial charge in [-0.05, 0) is 44.2 Å². The highest BCUT2D eigenvalue weighted by Crippen LogP contribution is 2.38. The number of nitrogens with one attached hydrogen (secondary N) is 1. The fraction of sp³-hybridized carbons (Fsp3) is 1.00. The summed E-state index contributed by atoms with van der Waals surface area (Å²) in [6.45, 7) is 13.8. The minimum Gasteiger partial charge on any atom is -0.394 e. The molecule has 1 rings (SSSR count). The molecular weight excluding hydrogens is 248 g/mol. The minimum absolute atomic E-state index is 0.0310. The molecule has 0 aromatic carbocycles. The largest absolute Gasteiger partial charge is 0.394 e. The summed E-state index contributed by atoms with van der Waals surface area (Å²) in [4.78, 5) is 2.44. The van der Waals surface area contributed by atoms with Crippen LogP contribution in [0.3, 0.4) is 0 Å². The molecule has 0 saturated heterocycles. The molecule has 0 bridgehead atoms. The normalized spacial score (nSPS) is 27.8. The van der Waals surface area contributed by atoms with Crippen LogP contribution in [0.15, 0.2) is 0 Å². The van der Waals surface area contributed by atoms with Crippen LogP contribution < -0.4 is 5.32 Å². The van der Waals surface area contributed by atoms with Crippen LogP contribution in [-0.4, -0.2) is 48.3 Å². The Kier molecular flexibility index (Phi) is 6.49. The molecule has 0 aromatic heterocycles. The van der Waals surface area contributed by atoms with Gasteiger partial charge in [0.05, 0.1) is 6.61 Å². The topological polar surface area (TPSA) is 35.5 Å². The molecule has 2 N–H and O–H groups in total. The first kappa shape index (κ1) is 17.9. The number of nitrogens with zero attached hydrogens (tertiary/aromatic N) is 1. The first-order valence-electron chi connectivity index (χ1n) is 8.26. The molecule has 3 heteroatoms. The van der Waals surface area contributed by atoms with Crippen molar-refractivity contribution in [3.63, 3.8) is 0 Å². The highest BCUT2D eigenvalue weighted by molar-refractivity contribution is 4.99. The van der Waals surface area contributed by atoms with Crippen LogP contribution in [0.1, 0.15) is 60.3 Å². The summed E-state index contributed by atoms with van der Waals surface area (Å²) in [7, 11) is 2.22. The van der Waals surface area contributed by atoms with E-state index in [-0.39, 0.29) is 12.1 Å². The van der Waals surface area contributed by atoms with Gasteiger partial charge >= 0.3 is 0 Å². The third kappa shape index (κ3) is 5.34. The average Bonchev–Trinajstić information content (AvgIpc) is 2.67. The molecule has 3 nitrogen and oxygen atoms in total. The lowest BCUT2D eigenvalue weighted by atomic mass is 9.84. The van der Waals surface area contributed by atoms with Crippen LogP contribution in [0, 0.1) is 11.3 Å². The van der Waals surface area contributed by atoms with Gasteiger partial charge in [0.1, 0.15) is 0 Å². The SMILES string of the molecule is CC(C)NC1(CO)CCCC1CCN(C)CC(C)(C)C. The summed E-state index contributed by atoms with van der Waals surface area (Å²) in [6, 6.07) is 0.440. The van der Waals surface area contributed by atoms with Crippen molar-refractivity contribution in [2.45, 2.75) is 71.9 Å². The minimum atomic E-state index is -0.0310. The second-order valence-corrected chi connectivity index (χ2v) is 8.29. The van der Waals surface area contributed by atoms with E-state index in [4.69, 9.17) is 0 Å². The van der Waals surface area contributed by atoms with Crippen molar-refractivity contribution >= 4 is 0 Å². The van der Waals surface area contributed by atoms with E-state index in [2.05, 4.69) is 51.9 Å². The first-order chi connectivity index (χ1) is 9.18. The van der Waals surface area contributed by atoms with Crippen molar-refractivity contribution < 1.29 is 5.11 Å². The Balaban J connectivity index is 2.53. The van der Waals surface area contributed by atoms with E-state index >= 15 is 0 Å². The van der Waals surface area contributed by atoms with E-state index in [0.717, 1.165) is 19.5 Å². The van der Waals surface area contributed by atoms with Gasteiger partial charge in [-0.25, -0.2) is 0 Å². The Labute approximate surface area is 126 Å². The van der Waals surface area contributed by atoms with Crippen molar-refractivity contribution in [1.29, 1.82) is 0 Å². The summed E-state index contributed by atoms with van der Waals surface area (Å²) < 4.78 is 0. The van der Waals surface area contributed by atoms with Gasteiger partial charge in [-0.2, -0.15) is 0 Å². The zero-order valence-corrected chi connectivity index (χ0v) is 14.5. The number of hydrogen-bond donors (Lipinski definition) is 2. The molecule has 1 aliphatic carbocycles. The smallest absolute Gasteiger partial charge is 0.0616 e. The summed E-state index contributed by atoms with van der Waals surface area (Å²) in [5.74, 6) is 0.609. The number of aliphatic hydroxyl groups excluding tert-OH is 1. The molecular formula is C17H36N2O.